The highest BCUT2D eigenvalue weighted by Crippen LogP contribution is 2.29. The summed E-state index contributed by atoms with van der Waals surface area (Å²) in [6.07, 6.45) is 8.29. The van der Waals surface area contributed by atoms with Gasteiger partial charge in [-0.1, -0.05) is 31.4 Å². The van der Waals surface area contributed by atoms with Crippen LogP contribution in [0.4, 0.5) is 5.82 Å². The van der Waals surface area contributed by atoms with E-state index in [4.69, 9.17) is 23.2 Å². The minimum Gasteiger partial charge on any atom is -0.355 e. The fraction of sp³-hybridized carbons (Fsp3) is 0.667. The summed E-state index contributed by atoms with van der Waals surface area (Å²) in [5, 5.41) is 0.729. The molecule has 0 spiro atoms. The topological polar surface area (TPSA) is 16.1 Å². The second-order valence-electron chi connectivity index (χ2n) is 5.36. The van der Waals surface area contributed by atoms with Gasteiger partial charge in [0.15, 0.2) is 0 Å². The second-order valence-corrected chi connectivity index (χ2v) is 6.03. The molecule has 1 saturated heterocycles. The zero-order valence-electron chi connectivity index (χ0n) is 11.5. The van der Waals surface area contributed by atoms with Crippen LogP contribution in [0.15, 0.2) is 12.3 Å². The minimum atomic E-state index is 0.464. The predicted molar refractivity (Wildman–Crippen MR) is 83.3 cm³/mol. The predicted octanol–water partition coefficient (Wildman–Crippen LogP) is 4.88. The van der Waals surface area contributed by atoms with Gasteiger partial charge in [-0.2, -0.15) is 0 Å². The standard InChI is InChI=1S/C15H22Cl2N2/c1-2-4-12-5-3-7-19(8-6-12)15-14(17)9-13(10-16)11-18-15/h9,11-12H,2-8,10H2,1H3. The van der Waals surface area contributed by atoms with Crippen LogP contribution in [0.25, 0.3) is 0 Å². The van der Waals surface area contributed by atoms with Crippen LogP contribution in [0.5, 0.6) is 0 Å². The summed E-state index contributed by atoms with van der Waals surface area (Å²) >= 11 is 12.1. The largest absolute Gasteiger partial charge is 0.355 e. The molecule has 4 heteroatoms. The van der Waals surface area contributed by atoms with Crippen LogP contribution in [-0.4, -0.2) is 18.1 Å². The Labute approximate surface area is 126 Å². The molecule has 0 bridgehead atoms. The zero-order chi connectivity index (χ0) is 13.7. The van der Waals surface area contributed by atoms with Gasteiger partial charge >= 0.3 is 0 Å². The summed E-state index contributed by atoms with van der Waals surface area (Å²) in [7, 11) is 0. The number of hydrogen-bond donors (Lipinski definition) is 0. The Morgan fingerprint density at radius 2 is 2.21 bits per heavy atom. The third kappa shape index (κ3) is 4.00. The third-order valence-corrected chi connectivity index (χ3v) is 4.46. The van der Waals surface area contributed by atoms with Crippen molar-refractivity contribution in [2.75, 3.05) is 18.0 Å². The number of nitrogens with zero attached hydrogens (tertiary/aromatic N) is 2. The number of halogens is 2. The smallest absolute Gasteiger partial charge is 0.147 e. The Kier molecular flexibility index (Phi) is 5.77. The lowest BCUT2D eigenvalue weighted by atomic mass is 9.96. The molecule has 1 unspecified atom stereocenters. The van der Waals surface area contributed by atoms with Gasteiger partial charge in [0, 0.05) is 25.2 Å². The monoisotopic (exact) mass is 300 g/mol. The lowest BCUT2D eigenvalue weighted by Crippen LogP contribution is -2.25. The number of alkyl halides is 1. The van der Waals surface area contributed by atoms with E-state index in [-0.39, 0.29) is 0 Å². The first kappa shape index (κ1) is 14.9. The fourth-order valence-corrected chi connectivity index (χ4v) is 3.30. The van der Waals surface area contributed by atoms with Crippen LogP contribution in [0.1, 0.15) is 44.6 Å². The van der Waals surface area contributed by atoms with Gasteiger partial charge in [0.05, 0.1) is 5.02 Å². The van der Waals surface area contributed by atoms with Crippen molar-refractivity contribution in [3.63, 3.8) is 0 Å². The van der Waals surface area contributed by atoms with Crippen LogP contribution >= 0.6 is 23.2 Å². The summed E-state index contributed by atoms with van der Waals surface area (Å²) in [4.78, 5) is 6.82. The maximum atomic E-state index is 6.33. The SMILES string of the molecule is CCCC1CCCN(c2ncc(CCl)cc2Cl)CC1. The Bertz CT molecular complexity index is 409. The Morgan fingerprint density at radius 1 is 1.37 bits per heavy atom. The first-order valence-electron chi connectivity index (χ1n) is 7.20. The van der Waals surface area contributed by atoms with Crippen molar-refractivity contribution in [2.45, 2.75) is 44.9 Å². The van der Waals surface area contributed by atoms with Gasteiger partial charge in [0.2, 0.25) is 0 Å². The van der Waals surface area contributed by atoms with Gasteiger partial charge in [-0.3, -0.25) is 0 Å². The van der Waals surface area contributed by atoms with Crippen LogP contribution in [0, 0.1) is 5.92 Å². The van der Waals surface area contributed by atoms with E-state index in [0.29, 0.717) is 5.88 Å². The molecule has 0 radical (unpaired) electrons. The Balaban J connectivity index is 2.05. The quantitative estimate of drug-likeness (QED) is 0.737. The molecule has 1 aromatic heterocycles. The molecule has 2 nitrogen and oxygen atoms in total. The maximum absolute atomic E-state index is 6.33. The molecule has 2 rings (SSSR count). The van der Waals surface area contributed by atoms with Crippen LogP contribution < -0.4 is 4.90 Å². The van der Waals surface area contributed by atoms with Crippen molar-refractivity contribution < 1.29 is 0 Å². The van der Waals surface area contributed by atoms with Crippen LogP contribution in [0.2, 0.25) is 5.02 Å². The summed E-state index contributed by atoms with van der Waals surface area (Å²) in [6.45, 7) is 4.40. The Morgan fingerprint density at radius 3 is 2.89 bits per heavy atom. The molecule has 0 saturated carbocycles. The highest BCUT2D eigenvalue weighted by atomic mass is 35.5. The zero-order valence-corrected chi connectivity index (χ0v) is 13.1. The van der Waals surface area contributed by atoms with Gasteiger partial charge in [0.25, 0.3) is 0 Å². The highest BCUT2D eigenvalue weighted by molar-refractivity contribution is 6.33. The molecule has 0 amide bonds. The average Bonchev–Trinajstić information content (AvgIpc) is 2.65. The lowest BCUT2D eigenvalue weighted by Gasteiger charge is -2.23. The molecular formula is C15H22Cl2N2. The molecule has 106 valence electrons. The number of anilines is 1. The van der Waals surface area contributed by atoms with Gasteiger partial charge in [0.1, 0.15) is 5.82 Å². The van der Waals surface area contributed by atoms with Crippen molar-refractivity contribution in [3.8, 4) is 0 Å². The average molecular weight is 301 g/mol. The number of hydrogen-bond acceptors (Lipinski definition) is 2. The van der Waals surface area contributed by atoms with Crippen molar-refractivity contribution in [2.24, 2.45) is 5.92 Å². The molecule has 1 aliphatic heterocycles. The molecule has 1 aliphatic rings. The number of rotatable bonds is 4. The van der Waals surface area contributed by atoms with E-state index in [1.165, 1.54) is 32.1 Å². The first-order valence-corrected chi connectivity index (χ1v) is 8.11. The molecule has 19 heavy (non-hydrogen) atoms. The molecular weight excluding hydrogens is 279 g/mol. The van der Waals surface area contributed by atoms with E-state index in [1.807, 2.05) is 12.3 Å². The lowest BCUT2D eigenvalue weighted by molar-refractivity contribution is 0.435. The number of aromatic nitrogens is 1. The molecule has 0 N–H and O–H groups in total. The van der Waals surface area contributed by atoms with Crippen molar-refractivity contribution >= 4 is 29.0 Å². The van der Waals surface area contributed by atoms with E-state index in [9.17, 15) is 0 Å². The molecule has 1 aromatic rings. The number of pyridine rings is 1. The highest BCUT2D eigenvalue weighted by Gasteiger charge is 2.19. The van der Waals surface area contributed by atoms with Crippen LogP contribution in [-0.2, 0) is 5.88 Å². The van der Waals surface area contributed by atoms with E-state index in [1.54, 1.807) is 0 Å². The Hall–Kier alpha value is -0.470. The second kappa shape index (κ2) is 7.35. The summed E-state index contributed by atoms with van der Waals surface area (Å²) in [5.74, 6) is 2.26. The maximum Gasteiger partial charge on any atom is 0.147 e. The van der Waals surface area contributed by atoms with Crippen molar-refractivity contribution in [1.82, 2.24) is 4.98 Å². The van der Waals surface area contributed by atoms with Gasteiger partial charge in [-0.15, -0.1) is 11.6 Å². The molecule has 0 aliphatic carbocycles. The fourth-order valence-electron chi connectivity index (χ4n) is 2.85. The summed E-state index contributed by atoms with van der Waals surface area (Å²) in [5.41, 5.74) is 0.981. The first-order chi connectivity index (χ1) is 9.24. The summed E-state index contributed by atoms with van der Waals surface area (Å²) in [6, 6.07) is 1.94. The van der Waals surface area contributed by atoms with E-state index >= 15 is 0 Å². The van der Waals surface area contributed by atoms with Crippen molar-refractivity contribution in [3.05, 3.63) is 22.8 Å². The van der Waals surface area contributed by atoms with Crippen molar-refractivity contribution in [1.29, 1.82) is 0 Å². The molecule has 2 heterocycles. The molecule has 0 aromatic carbocycles. The van der Waals surface area contributed by atoms with E-state index < -0.39 is 0 Å². The van der Waals surface area contributed by atoms with Crippen LogP contribution in [0.3, 0.4) is 0 Å². The molecule has 1 fully saturated rings. The van der Waals surface area contributed by atoms with Gasteiger partial charge < -0.3 is 4.90 Å². The van der Waals surface area contributed by atoms with E-state index in [2.05, 4.69) is 16.8 Å². The van der Waals surface area contributed by atoms with Gasteiger partial charge in [-0.25, -0.2) is 4.98 Å². The summed E-state index contributed by atoms with van der Waals surface area (Å²) < 4.78 is 0. The van der Waals surface area contributed by atoms with E-state index in [0.717, 1.165) is 35.4 Å². The minimum absolute atomic E-state index is 0.464. The van der Waals surface area contributed by atoms with Gasteiger partial charge in [-0.05, 0) is 36.8 Å². The molecule has 1 atom stereocenters. The normalized spacial score (nSPS) is 20.4. The third-order valence-electron chi connectivity index (χ3n) is 3.88.